The van der Waals surface area contributed by atoms with Crippen LogP contribution in [0.4, 0.5) is 0 Å². The van der Waals surface area contributed by atoms with Gasteiger partial charge in [0, 0.05) is 11.1 Å². The first-order chi connectivity index (χ1) is 9.02. The van der Waals surface area contributed by atoms with Crippen molar-refractivity contribution in [3.05, 3.63) is 64.2 Å². The Balaban J connectivity index is 2.23. The fraction of sp³-hybridized carbons (Fsp3) is 0.250. The molecule has 3 heteroatoms. The van der Waals surface area contributed by atoms with Gasteiger partial charge >= 0.3 is 7.48 Å². The molecule has 1 N–H and O–H groups in total. The molecule has 3 rings (SSSR count). The van der Waals surface area contributed by atoms with E-state index < -0.39 is 5.79 Å². The summed E-state index contributed by atoms with van der Waals surface area (Å²) in [6, 6.07) is 11.9. The molecule has 1 atom stereocenters. The first-order valence-electron chi connectivity index (χ1n) is 6.43. The third-order valence-electron chi connectivity index (χ3n) is 3.70. The van der Waals surface area contributed by atoms with Crippen molar-refractivity contribution in [1.29, 1.82) is 0 Å². The van der Waals surface area contributed by atoms with Crippen LogP contribution in [0.1, 0.15) is 27.8 Å². The summed E-state index contributed by atoms with van der Waals surface area (Å²) in [6.45, 7) is 6.08. The molecule has 0 aromatic heterocycles. The maximum absolute atomic E-state index is 11.0. The molecular weight excluding hydrogens is 235 g/mol. The van der Waals surface area contributed by atoms with Crippen molar-refractivity contribution in [1.82, 2.24) is 0 Å². The molecule has 0 bridgehead atoms. The van der Waals surface area contributed by atoms with Crippen LogP contribution >= 0.6 is 0 Å². The second-order valence-electron chi connectivity index (χ2n) is 5.24. The SMILES string of the molecule is Cc1cc(C)c(C2(O)O[B]c3ccccc32)c(C)c1. The predicted molar refractivity (Wildman–Crippen MR) is 76.6 cm³/mol. The van der Waals surface area contributed by atoms with Crippen molar-refractivity contribution < 1.29 is 9.76 Å². The van der Waals surface area contributed by atoms with E-state index in [9.17, 15) is 5.11 Å². The second-order valence-corrected chi connectivity index (χ2v) is 5.24. The Bertz CT molecular complexity index is 628. The molecule has 0 aliphatic carbocycles. The van der Waals surface area contributed by atoms with E-state index in [1.807, 2.05) is 38.1 Å². The van der Waals surface area contributed by atoms with Gasteiger partial charge in [0.15, 0.2) is 0 Å². The zero-order valence-electron chi connectivity index (χ0n) is 11.4. The standard InChI is InChI=1S/C16H16BO2/c1-10-8-11(2)15(12(3)9-10)16(18)13-6-4-5-7-14(13)17-19-16/h4-9,18H,1-3H3. The highest BCUT2D eigenvalue weighted by atomic mass is 16.6. The maximum atomic E-state index is 11.0. The zero-order valence-corrected chi connectivity index (χ0v) is 11.4. The van der Waals surface area contributed by atoms with Gasteiger partial charge in [-0.25, -0.2) is 0 Å². The van der Waals surface area contributed by atoms with Gasteiger partial charge in [0.05, 0.1) is 0 Å². The topological polar surface area (TPSA) is 29.5 Å². The third kappa shape index (κ3) is 1.81. The fourth-order valence-corrected chi connectivity index (χ4v) is 3.03. The van der Waals surface area contributed by atoms with Gasteiger partial charge in [0.1, 0.15) is 0 Å². The second kappa shape index (κ2) is 4.22. The molecule has 95 valence electrons. The minimum atomic E-state index is -1.36. The molecule has 2 aromatic carbocycles. The smallest absolute Gasteiger partial charge is 0.335 e. The third-order valence-corrected chi connectivity index (χ3v) is 3.70. The summed E-state index contributed by atoms with van der Waals surface area (Å²) in [7, 11) is 1.63. The molecule has 1 heterocycles. The van der Waals surface area contributed by atoms with E-state index in [1.165, 1.54) is 5.56 Å². The molecule has 1 aliphatic heterocycles. The van der Waals surface area contributed by atoms with Crippen LogP contribution in [0.25, 0.3) is 0 Å². The number of fused-ring (bicyclic) bond motifs is 1. The van der Waals surface area contributed by atoms with Crippen molar-refractivity contribution in [3.63, 3.8) is 0 Å². The number of hydrogen-bond acceptors (Lipinski definition) is 2. The van der Waals surface area contributed by atoms with Crippen LogP contribution in [0, 0.1) is 20.8 Å². The van der Waals surface area contributed by atoms with Crippen molar-refractivity contribution in [3.8, 4) is 0 Å². The summed E-state index contributed by atoms with van der Waals surface area (Å²) < 4.78 is 5.63. The molecule has 1 aliphatic rings. The molecule has 0 fully saturated rings. The summed E-state index contributed by atoms with van der Waals surface area (Å²) in [6.07, 6.45) is 0. The molecule has 0 saturated heterocycles. The Kier molecular flexibility index (Phi) is 2.77. The Morgan fingerprint density at radius 2 is 1.68 bits per heavy atom. The van der Waals surface area contributed by atoms with Gasteiger partial charge in [-0.2, -0.15) is 0 Å². The number of benzene rings is 2. The van der Waals surface area contributed by atoms with E-state index in [0.29, 0.717) is 0 Å². The average Bonchev–Trinajstić information content (AvgIpc) is 2.67. The van der Waals surface area contributed by atoms with E-state index in [2.05, 4.69) is 19.1 Å². The first-order valence-corrected chi connectivity index (χ1v) is 6.43. The zero-order chi connectivity index (χ0) is 13.6. The highest BCUT2D eigenvalue weighted by Gasteiger charge is 2.41. The number of aryl methyl sites for hydroxylation is 3. The minimum Gasteiger partial charge on any atom is -0.402 e. The van der Waals surface area contributed by atoms with Gasteiger partial charge in [0.2, 0.25) is 5.79 Å². The van der Waals surface area contributed by atoms with Crippen LogP contribution in [0.3, 0.4) is 0 Å². The highest BCUT2D eigenvalue weighted by Crippen LogP contribution is 2.37. The van der Waals surface area contributed by atoms with Crippen LogP contribution in [-0.4, -0.2) is 12.6 Å². The lowest BCUT2D eigenvalue weighted by Gasteiger charge is -2.28. The highest BCUT2D eigenvalue weighted by molar-refractivity contribution is 6.49. The van der Waals surface area contributed by atoms with Gasteiger partial charge in [0.25, 0.3) is 0 Å². The monoisotopic (exact) mass is 251 g/mol. The molecule has 0 amide bonds. The summed E-state index contributed by atoms with van der Waals surface area (Å²) in [4.78, 5) is 0. The van der Waals surface area contributed by atoms with Crippen LogP contribution in [0.5, 0.6) is 0 Å². The number of aliphatic hydroxyl groups is 1. The largest absolute Gasteiger partial charge is 0.402 e. The van der Waals surface area contributed by atoms with Crippen LogP contribution < -0.4 is 5.46 Å². The van der Waals surface area contributed by atoms with Gasteiger partial charge in [-0.15, -0.1) is 0 Å². The molecule has 0 spiro atoms. The first kappa shape index (κ1) is 12.5. The number of rotatable bonds is 1. The molecule has 2 nitrogen and oxygen atoms in total. The summed E-state index contributed by atoms with van der Waals surface area (Å²) in [5.41, 5.74) is 5.88. The van der Waals surface area contributed by atoms with Crippen LogP contribution in [0.2, 0.25) is 0 Å². The summed E-state index contributed by atoms with van der Waals surface area (Å²) >= 11 is 0. The molecule has 0 saturated carbocycles. The molecular formula is C16H16BO2. The molecule has 1 radical (unpaired) electrons. The lowest BCUT2D eigenvalue weighted by molar-refractivity contribution is -0.0998. The van der Waals surface area contributed by atoms with Crippen LogP contribution in [0.15, 0.2) is 36.4 Å². The maximum Gasteiger partial charge on any atom is 0.335 e. The molecule has 2 aromatic rings. The Morgan fingerprint density at radius 3 is 2.37 bits per heavy atom. The molecule has 1 unspecified atom stereocenters. The van der Waals surface area contributed by atoms with Crippen molar-refractivity contribution in [2.75, 3.05) is 0 Å². The number of hydrogen-bond donors (Lipinski definition) is 1. The van der Waals surface area contributed by atoms with Gasteiger partial charge in [-0.1, -0.05) is 42.0 Å². The summed E-state index contributed by atoms with van der Waals surface area (Å²) in [5.74, 6) is -1.36. The Morgan fingerprint density at radius 1 is 1.05 bits per heavy atom. The van der Waals surface area contributed by atoms with E-state index in [1.54, 1.807) is 7.48 Å². The van der Waals surface area contributed by atoms with Gasteiger partial charge in [-0.05, 0) is 37.4 Å². The van der Waals surface area contributed by atoms with Gasteiger partial charge < -0.3 is 9.76 Å². The molecule has 19 heavy (non-hydrogen) atoms. The van der Waals surface area contributed by atoms with Gasteiger partial charge in [-0.3, -0.25) is 0 Å². The van der Waals surface area contributed by atoms with E-state index >= 15 is 0 Å². The Hall–Kier alpha value is -1.58. The lowest BCUT2D eigenvalue weighted by Crippen LogP contribution is -2.29. The fourth-order valence-electron chi connectivity index (χ4n) is 3.03. The van der Waals surface area contributed by atoms with Crippen molar-refractivity contribution in [2.24, 2.45) is 0 Å². The normalized spacial score (nSPS) is 21.1. The summed E-state index contributed by atoms with van der Waals surface area (Å²) in [5, 5.41) is 11.0. The Labute approximate surface area is 114 Å². The average molecular weight is 251 g/mol. The van der Waals surface area contributed by atoms with E-state index in [-0.39, 0.29) is 0 Å². The lowest BCUT2D eigenvalue weighted by atomic mass is 9.83. The minimum absolute atomic E-state index is 0.810. The van der Waals surface area contributed by atoms with E-state index in [4.69, 9.17) is 4.65 Å². The quantitative estimate of drug-likeness (QED) is 0.786. The van der Waals surface area contributed by atoms with Crippen LogP contribution in [-0.2, 0) is 10.4 Å². The predicted octanol–water partition coefficient (Wildman–Crippen LogP) is 2.08. The van der Waals surface area contributed by atoms with E-state index in [0.717, 1.165) is 27.7 Å². The van der Waals surface area contributed by atoms with Crippen molar-refractivity contribution in [2.45, 2.75) is 26.6 Å². The van der Waals surface area contributed by atoms with Crippen molar-refractivity contribution >= 4 is 12.9 Å².